The molecule has 0 spiro atoms. The molecule has 1 aromatic rings. The normalized spacial score (nSPS) is 15.3. The SMILES string of the molecule is CSC1=Nc2ccccc2SC(=O)C=C1. The fraction of sp³-hybridized carbons (Fsp3) is 0.0909. The summed E-state index contributed by atoms with van der Waals surface area (Å²) in [6.07, 6.45) is 5.27. The minimum atomic E-state index is 0.0453. The predicted octanol–water partition coefficient (Wildman–Crippen LogP) is 3.27. The number of hydrogen-bond acceptors (Lipinski definition) is 4. The molecule has 0 aromatic heterocycles. The first-order valence-corrected chi connectivity index (χ1v) is 6.45. The Labute approximate surface area is 96.9 Å². The summed E-state index contributed by atoms with van der Waals surface area (Å²) < 4.78 is 0. The minimum Gasteiger partial charge on any atom is -0.282 e. The van der Waals surface area contributed by atoms with E-state index in [1.165, 1.54) is 23.5 Å². The molecule has 2 rings (SSSR count). The topological polar surface area (TPSA) is 29.4 Å². The second-order valence-corrected chi connectivity index (χ2v) is 4.75. The van der Waals surface area contributed by atoms with Crippen molar-refractivity contribution in [3.8, 4) is 0 Å². The lowest BCUT2D eigenvalue weighted by atomic mass is 10.3. The van der Waals surface area contributed by atoms with Gasteiger partial charge in [0.15, 0.2) is 0 Å². The third kappa shape index (κ3) is 2.52. The van der Waals surface area contributed by atoms with Crippen molar-refractivity contribution in [2.45, 2.75) is 4.90 Å². The van der Waals surface area contributed by atoms with E-state index in [2.05, 4.69) is 4.99 Å². The van der Waals surface area contributed by atoms with Crippen LogP contribution in [0, 0.1) is 0 Å². The zero-order valence-electron chi connectivity index (χ0n) is 8.14. The van der Waals surface area contributed by atoms with Crippen LogP contribution in [0.4, 0.5) is 5.69 Å². The largest absolute Gasteiger partial charge is 0.282 e. The zero-order chi connectivity index (χ0) is 10.7. The van der Waals surface area contributed by atoms with E-state index < -0.39 is 0 Å². The van der Waals surface area contributed by atoms with Crippen LogP contribution in [0.3, 0.4) is 0 Å². The average molecular weight is 235 g/mol. The van der Waals surface area contributed by atoms with Crippen molar-refractivity contribution in [1.29, 1.82) is 0 Å². The molecule has 0 radical (unpaired) electrons. The van der Waals surface area contributed by atoms with Crippen molar-refractivity contribution < 1.29 is 4.79 Å². The number of aliphatic imine (C=N–C) groups is 1. The summed E-state index contributed by atoms with van der Waals surface area (Å²) in [4.78, 5) is 16.9. The van der Waals surface area contributed by atoms with E-state index in [9.17, 15) is 4.79 Å². The molecular weight excluding hydrogens is 226 g/mol. The number of rotatable bonds is 0. The van der Waals surface area contributed by atoms with E-state index in [-0.39, 0.29) is 5.12 Å². The summed E-state index contributed by atoms with van der Waals surface area (Å²) in [6.45, 7) is 0. The molecule has 15 heavy (non-hydrogen) atoms. The second-order valence-electron chi connectivity index (χ2n) is 2.88. The molecule has 1 heterocycles. The number of nitrogens with zero attached hydrogens (tertiary/aromatic N) is 1. The lowest BCUT2D eigenvalue weighted by molar-refractivity contribution is -0.107. The van der Waals surface area contributed by atoms with Gasteiger partial charge in [-0.1, -0.05) is 12.1 Å². The molecule has 2 nitrogen and oxygen atoms in total. The first-order chi connectivity index (χ1) is 7.29. The Kier molecular flexibility index (Phi) is 3.28. The van der Waals surface area contributed by atoms with Gasteiger partial charge in [0.2, 0.25) is 5.12 Å². The van der Waals surface area contributed by atoms with Crippen molar-refractivity contribution in [3.63, 3.8) is 0 Å². The Morgan fingerprint density at radius 1 is 1.27 bits per heavy atom. The molecule has 1 aliphatic rings. The van der Waals surface area contributed by atoms with Crippen LogP contribution in [0.1, 0.15) is 0 Å². The lowest BCUT2D eigenvalue weighted by Gasteiger charge is -2.06. The highest BCUT2D eigenvalue weighted by atomic mass is 32.2. The zero-order valence-corrected chi connectivity index (χ0v) is 9.77. The third-order valence-electron chi connectivity index (χ3n) is 1.88. The van der Waals surface area contributed by atoms with E-state index in [0.717, 1.165) is 15.6 Å². The first kappa shape index (κ1) is 10.5. The Bertz CT molecular complexity index is 452. The van der Waals surface area contributed by atoms with E-state index in [1.54, 1.807) is 12.2 Å². The third-order valence-corrected chi connectivity index (χ3v) is 3.43. The van der Waals surface area contributed by atoms with Crippen molar-refractivity contribution >= 4 is 39.4 Å². The summed E-state index contributed by atoms with van der Waals surface area (Å²) in [7, 11) is 0. The standard InChI is InChI=1S/C11H9NOS2/c1-14-10-6-7-11(13)15-9-5-3-2-4-8(9)12-10/h2-7H,1H3. The van der Waals surface area contributed by atoms with Crippen LogP contribution in [0.25, 0.3) is 0 Å². The van der Waals surface area contributed by atoms with Crippen molar-refractivity contribution in [2.75, 3.05) is 6.26 Å². The molecule has 0 saturated heterocycles. The highest BCUT2D eigenvalue weighted by Gasteiger charge is 2.09. The second kappa shape index (κ2) is 4.68. The maximum atomic E-state index is 11.5. The summed E-state index contributed by atoms with van der Waals surface area (Å²) in [5, 5.41) is 0.903. The maximum absolute atomic E-state index is 11.5. The number of benzene rings is 1. The Hall–Kier alpha value is -1.00. The minimum absolute atomic E-state index is 0.0453. The summed E-state index contributed by atoms with van der Waals surface area (Å²) in [6, 6.07) is 7.68. The Balaban J connectivity index is 2.52. The van der Waals surface area contributed by atoms with Crippen molar-refractivity contribution in [1.82, 2.24) is 0 Å². The average Bonchev–Trinajstić information content (AvgIpc) is 2.23. The molecule has 0 unspecified atom stereocenters. The highest BCUT2D eigenvalue weighted by Crippen LogP contribution is 2.32. The Morgan fingerprint density at radius 3 is 2.87 bits per heavy atom. The molecule has 0 aliphatic carbocycles. The van der Waals surface area contributed by atoms with Crippen molar-refractivity contribution in [2.24, 2.45) is 4.99 Å². The number of hydrogen-bond donors (Lipinski definition) is 0. The van der Waals surface area contributed by atoms with Crippen LogP contribution < -0.4 is 0 Å². The van der Waals surface area contributed by atoms with Crippen LogP contribution in [0.2, 0.25) is 0 Å². The maximum Gasteiger partial charge on any atom is 0.217 e. The molecule has 0 N–H and O–H groups in total. The van der Waals surface area contributed by atoms with Gasteiger partial charge in [0, 0.05) is 4.90 Å². The van der Waals surface area contributed by atoms with E-state index in [0.29, 0.717) is 0 Å². The van der Waals surface area contributed by atoms with Crippen LogP contribution in [-0.4, -0.2) is 16.4 Å². The van der Waals surface area contributed by atoms with Gasteiger partial charge < -0.3 is 0 Å². The number of carbonyl (C=O) groups is 1. The van der Waals surface area contributed by atoms with Crippen LogP contribution >= 0.6 is 23.5 Å². The van der Waals surface area contributed by atoms with E-state index in [4.69, 9.17) is 0 Å². The number of carbonyl (C=O) groups excluding carboxylic acids is 1. The van der Waals surface area contributed by atoms with Crippen LogP contribution in [0.5, 0.6) is 0 Å². The number of thioether (sulfide) groups is 2. The predicted molar refractivity (Wildman–Crippen MR) is 67.1 cm³/mol. The van der Waals surface area contributed by atoms with Gasteiger partial charge in [0.25, 0.3) is 0 Å². The quantitative estimate of drug-likeness (QED) is 0.691. The molecule has 0 amide bonds. The highest BCUT2D eigenvalue weighted by molar-refractivity contribution is 8.14. The monoisotopic (exact) mass is 235 g/mol. The molecule has 1 aliphatic heterocycles. The van der Waals surface area contributed by atoms with Gasteiger partial charge in [-0.2, -0.15) is 0 Å². The molecule has 0 bridgehead atoms. The van der Waals surface area contributed by atoms with Crippen molar-refractivity contribution in [3.05, 3.63) is 36.4 Å². The smallest absolute Gasteiger partial charge is 0.217 e. The first-order valence-electron chi connectivity index (χ1n) is 4.41. The van der Waals surface area contributed by atoms with Gasteiger partial charge >= 0.3 is 0 Å². The molecule has 4 heteroatoms. The van der Waals surface area contributed by atoms with E-state index >= 15 is 0 Å². The molecule has 76 valence electrons. The summed E-state index contributed by atoms with van der Waals surface area (Å²) >= 11 is 2.75. The van der Waals surface area contributed by atoms with E-state index in [1.807, 2.05) is 30.5 Å². The van der Waals surface area contributed by atoms with Gasteiger partial charge in [-0.25, -0.2) is 4.99 Å². The molecular formula is C11H9NOS2. The van der Waals surface area contributed by atoms with Gasteiger partial charge in [-0.3, -0.25) is 4.79 Å². The lowest BCUT2D eigenvalue weighted by Crippen LogP contribution is -1.93. The number of para-hydroxylation sites is 1. The summed E-state index contributed by atoms with van der Waals surface area (Å²) in [5.41, 5.74) is 0.865. The Morgan fingerprint density at radius 2 is 2.07 bits per heavy atom. The number of fused-ring (bicyclic) bond motifs is 1. The van der Waals surface area contributed by atoms with Crippen LogP contribution in [0.15, 0.2) is 46.3 Å². The molecule has 1 aromatic carbocycles. The molecule has 0 atom stereocenters. The van der Waals surface area contributed by atoms with Crippen LogP contribution in [-0.2, 0) is 4.79 Å². The van der Waals surface area contributed by atoms with Gasteiger partial charge in [0.05, 0.1) is 10.7 Å². The molecule has 0 fully saturated rings. The summed E-state index contributed by atoms with van der Waals surface area (Å²) in [5.74, 6) is 0. The van der Waals surface area contributed by atoms with Gasteiger partial charge in [-0.15, -0.1) is 11.8 Å². The fourth-order valence-corrected chi connectivity index (χ4v) is 2.30. The van der Waals surface area contributed by atoms with Gasteiger partial charge in [-0.05, 0) is 42.3 Å². The fourth-order valence-electron chi connectivity index (χ4n) is 1.19. The molecule has 0 saturated carbocycles. The van der Waals surface area contributed by atoms with Gasteiger partial charge in [0.1, 0.15) is 0 Å².